The maximum atomic E-state index is 12.7. The standard InChI is InChI=1S/C19H20N8OS/c1-29-19-22-11-15(18(28)21-5-2-7-27-8-6-20-12-27)17(25-19)24-14-4-3-13-10-23-26-16(13)9-14/h3-4,6,8-12H,2,5,7H2,1H3,(H,21,28)(H,23,26)(H,22,24,25). The fourth-order valence-electron chi connectivity index (χ4n) is 2.85. The number of aryl methyl sites for hydroxylation is 1. The summed E-state index contributed by atoms with van der Waals surface area (Å²) in [6, 6.07) is 5.80. The highest BCUT2D eigenvalue weighted by molar-refractivity contribution is 7.98. The summed E-state index contributed by atoms with van der Waals surface area (Å²) in [5, 5.41) is 14.7. The lowest BCUT2D eigenvalue weighted by Crippen LogP contribution is -2.26. The second-order valence-electron chi connectivity index (χ2n) is 6.33. The Hall–Kier alpha value is -3.40. The highest BCUT2D eigenvalue weighted by Crippen LogP contribution is 2.23. The lowest BCUT2D eigenvalue weighted by atomic mass is 10.2. The lowest BCUT2D eigenvalue weighted by Gasteiger charge is -2.12. The SMILES string of the molecule is CSc1ncc(C(=O)NCCCn2ccnc2)c(Nc2ccc3cn[nH]c3c2)n1. The molecule has 4 rings (SSSR count). The summed E-state index contributed by atoms with van der Waals surface area (Å²) >= 11 is 1.42. The number of H-pyrrole nitrogens is 1. The van der Waals surface area contributed by atoms with Crippen LogP contribution in [0.5, 0.6) is 0 Å². The van der Waals surface area contributed by atoms with E-state index in [1.165, 1.54) is 11.8 Å². The van der Waals surface area contributed by atoms with Gasteiger partial charge in [0.25, 0.3) is 5.91 Å². The molecule has 0 aliphatic carbocycles. The van der Waals surface area contributed by atoms with Crippen LogP contribution in [0.2, 0.25) is 0 Å². The van der Waals surface area contributed by atoms with Crippen molar-refractivity contribution in [1.82, 2.24) is 35.0 Å². The van der Waals surface area contributed by atoms with Crippen molar-refractivity contribution >= 4 is 40.1 Å². The lowest BCUT2D eigenvalue weighted by molar-refractivity contribution is 0.0952. The number of thioether (sulfide) groups is 1. The van der Waals surface area contributed by atoms with E-state index in [1.54, 1.807) is 24.9 Å². The number of rotatable bonds is 8. The van der Waals surface area contributed by atoms with E-state index in [2.05, 4.69) is 35.8 Å². The Morgan fingerprint density at radius 1 is 1.31 bits per heavy atom. The molecule has 0 atom stereocenters. The number of imidazole rings is 1. The summed E-state index contributed by atoms with van der Waals surface area (Å²) in [5.41, 5.74) is 2.11. The number of aromatic amines is 1. The highest BCUT2D eigenvalue weighted by atomic mass is 32.2. The zero-order chi connectivity index (χ0) is 20.1. The summed E-state index contributed by atoms with van der Waals surface area (Å²) in [6.45, 7) is 1.33. The third kappa shape index (κ3) is 4.54. The number of nitrogens with zero attached hydrogens (tertiary/aromatic N) is 5. The van der Waals surface area contributed by atoms with Gasteiger partial charge in [0.1, 0.15) is 11.4 Å². The first kappa shape index (κ1) is 18.9. The maximum absolute atomic E-state index is 12.7. The van der Waals surface area contributed by atoms with E-state index in [0.717, 1.165) is 29.6 Å². The molecule has 1 aromatic carbocycles. The first-order valence-corrected chi connectivity index (χ1v) is 10.3. The number of carbonyl (C=O) groups is 1. The molecule has 0 saturated carbocycles. The minimum atomic E-state index is -0.214. The molecule has 3 N–H and O–H groups in total. The Morgan fingerprint density at radius 3 is 3.07 bits per heavy atom. The normalized spacial score (nSPS) is 10.9. The van der Waals surface area contributed by atoms with Gasteiger partial charge in [-0.05, 0) is 30.9 Å². The molecular weight excluding hydrogens is 388 g/mol. The monoisotopic (exact) mass is 408 g/mol. The third-order valence-corrected chi connectivity index (χ3v) is 4.90. The Morgan fingerprint density at radius 2 is 2.24 bits per heavy atom. The van der Waals surface area contributed by atoms with Gasteiger partial charge < -0.3 is 15.2 Å². The molecule has 148 valence electrons. The van der Waals surface area contributed by atoms with E-state index in [1.807, 2.05) is 35.2 Å². The largest absolute Gasteiger partial charge is 0.352 e. The van der Waals surface area contributed by atoms with E-state index in [-0.39, 0.29) is 5.91 Å². The van der Waals surface area contributed by atoms with Gasteiger partial charge in [0.15, 0.2) is 5.16 Å². The van der Waals surface area contributed by atoms with Crippen LogP contribution in [0.25, 0.3) is 10.9 Å². The van der Waals surface area contributed by atoms with Gasteiger partial charge in [-0.2, -0.15) is 5.10 Å². The van der Waals surface area contributed by atoms with Crippen LogP contribution in [-0.4, -0.2) is 48.4 Å². The summed E-state index contributed by atoms with van der Waals surface area (Å²) < 4.78 is 1.97. The summed E-state index contributed by atoms with van der Waals surface area (Å²) in [6.07, 6.45) is 11.4. The van der Waals surface area contributed by atoms with E-state index >= 15 is 0 Å². The predicted octanol–water partition coefficient (Wildman–Crippen LogP) is 2.83. The van der Waals surface area contributed by atoms with E-state index in [0.29, 0.717) is 23.1 Å². The number of hydrogen-bond donors (Lipinski definition) is 3. The van der Waals surface area contributed by atoms with Crippen LogP contribution in [0.4, 0.5) is 11.5 Å². The van der Waals surface area contributed by atoms with Crippen LogP contribution >= 0.6 is 11.8 Å². The van der Waals surface area contributed by atoms with E-state index < -0.39 is 0 Å². The molecule has 0 aliphatic heterocycles. The van der Waals surface area contributed by atoms with Crippen LogP contribution < -0.4 is 10.6 Å². The van der Waals surface area contributed by atoms with Crippen molar-refractivity contribution < 1.29 is 4.79 Å². The molecule has 0 saturated heterocycles. The van der Waals surface area contributed by atoms with Gasteiger partial charge in [-0.3, -0.25) is 9.89 Å². The topological polar surface area (TPSA) is 113 Å². The van der Waals surface area contributed by atoms with Crippen molar-refractivity contribution in [3.05, 3.63) is 54.9 Å². The maximum Gasteiger partial charge on any atom is 0.256 e. The molecule has 9 nitrogen and oxygen atoms in total. The first-order valence-electron chi connectivity index (χ1n) is 9.08. The van der Waals surface area contributed by atoms with Crippen LogP contribution in [0.15, 0.2) is 54.5 Å². The predicted molar refractivity (Wildman–Crippen MR) is 112 cm³/mol. The van der Waals surface area contributed by atoms with Gasteiger partial charge >= 0.3 is 0 Å². The van der Waals surface area contributed by atoms with Gasteiger partial charge in [-0.1, -0.05) is 11.8 Å². The van der Waals surface area contributed by atoms with Crippen molar-refractivity contribution in [2.75, 3.05) is 18.1 Å². The van der Waals surface area contributed by atoms with Crippen molar-refractivity contribution in [3.63, 3.8) is 0 Å². The molecule has 10 heteroatoms. The average molecular weight is 408 g/mol. The molecule has 0 spiro atoms. The molecular formula is C19H20N8OS. The van der Waals surface area contributed by atoms with Gasteiger partial charge in [-0.25, -0.2) is 15.0 Å². The van der Waals surface area contributed by atoms with Gasteiger partial charge in [0, 0.05) is 42.8 Å². The van der Waals surface area contributed by atoms with Crippen molar-refractivity contribution in [2.45, 2.75) is 18.1 Å². The number of fused-ring (bicyclic) bond motifs is 1. The molecule has 29 heavy (non-hydrogen) atoms. The van der Waals surface area contributed by atoms with Crippen LogP contribution in [0.3, 0.4) is 0 Å². The zero-order valence-corrected chi connectivity index (χ0v) is 16.6. The Bertz CT molecular complexity index is 1110. The average Bonchev–Trinajstić information content (AvgIpc) is 3.42. The second kappa shape index (κ2) is 8.74. The molecule has 3 aromatic heterocycles. The second-order valence-corrected chi connectivity index (χ2v) is 7.10. The summed E-state index contributed by atoms with van der Waals surface area (Å²) in [4.78, 5) is 25.5. The third-order valence-electron chi connectivity index (χ3n) is 4.34. The molecule has 0 radical (unpaired) electrons. The summed E-state index contributed by atoms with van der Waals surface area (Å²) in [7, 11) is 0. The van der Waals surface area contributed by atoms with Crippen molar-refractivity contribution in [1.29, 1.82) is 0 Å². The highest BCUT2D eigenvalue weighted by Gasteiger charge is 2.15. The molecule has 0 aliphatic rings. The van der Waals surface area contributed by atoms with Crippen LogP contribution in [-0.2, 0) is 6.54 Å². The minimum absolute atomic E-state index is 0.214. The Balaban J connectivity index is 1.47. The fraction of sp³-hybridized carbons (Fsp3) is 0.211. The molecule has 0 fully saturated rings. The van der Waals surface area contributed by atoms with Gasteiger partial charge in [-0.15, -0.1) is 0 Å². The smallest absolute Gasteiger partial charge is 0.256 e. The fourth-order valence-corrected chi connectivity index (χ4v) is 3.20. The van der Waals surface area contributed by atoms with Gasteiger partial charge in [0.2, 0.25) is 0 Å². The van der Waals surface area contributed by atoms with E-state index in [9.17, 15) is 4.79 Å². The number of carbonyl (C=O) groups excluding carboxylic acids is 1. The number of anilines is 2. The zero-order valence-electron chi connectivity index (χ0n) is 15.8. The first-order chi connectivity index (χ1) is 14.2. The number of aromatic nitrogens is 6. The summed E-state index contributed by atoms with van der Waals surface area (Å²) in [5.74, 6) is 0.253. The van der Waals surface area contributed by atoms with E-state index in [4.69, 9.17) is 0 Å². The molecule has 0 bridgehead atoms. The van der Waals surface area contributed by atoms with Crippen LogP contribution in [0, 0.1) is 0 Å². The van der Waals surface area contributed by atoms with Crippen molar-refractivity contribution in [2.24, 2.45) is 0 Å². The molecule has 1 amide bonds. The minimum Gasteiger partial charge on any atom is -0.352 e. The molecule has 0 unspecified atom stereocenters. The van der Waals surface area contributed by atoms with Crippen molar-refractivity contribution in [3.8, 4) is 0 Å². The molecule has 4 aromatic rings. The number of benzene rings is 1. The molecule has 3 heterocycles. The quantitative estimate of drug-likeness (QED) is 0.233. The number of nitrogens with one attached hydrogen (secondary N) is 3. The Labute approximate surface area is 171 Å². The van der Waals surface area contributed by atoms with Gasteiger partial charge in [0.05, 0.1) is 18.0 Å². The number of hydrogen-bond acceptors (Lipinski definition) is 7. The van der Waals surface area contributed by atoms with Crippen LogP contribution in [0.1, 0.15) is 16.8 Å². The Kier molecular flexibility index (Phi) is 5.71. The number of amides is 1.